The number of amides is 3. The minimum atomic E-state index is -0.802. The lowest BCUT2D eigenvalue weighted by Crippen LogP contribution is -2.54. The van der Waals surface area contributed by atoms with Crippen LogP contribution in [0.3, 0.4) is 0 Å². The van der Waals surface area contributed by atoms with E-state index in [1.807, 2.05) is 13.8 Å². The Labute approximate surface area is 163 Å². The van der Waals surface area contributed by atoms with E-state index in [9.17, 15) is 18.8 Å². The number of benzene rings is 2. The average Bonchev–Trinajstić information content (AvgIpc) is 2.71. The molecule has 7 heteroatoms. The average molecular weight is 385 g/mol. The van der Waals surface area contributed by atoms with E-state index in [-0.39, 0.29) is 24.1 Å². The molecule has 0 heterocycles. The first kappa shape index (κ1) is 21.1. The monoisotopic (exact) mass is 385 g/mol. The molecule has 2 atom stereocenters. The molecule has 0 fully saturated rings. The Balaban J connectivity index is 1.93. The molecule has 0 unspecified atom stereocenters. The standard InChI is InChI=1S/C21H24FN3O3/c1-3-14(2)19(23-20(27)16-7-5-4-6-8-16)21(28)25-24-18(26)13-15-9-11-17(22)12-10-15/h4-12,14,19H,3,13H2,1-2H3,(H,23,27)(H,24,26)(H,25,28)/t14-,19-/m1/s1. The second-order valence-electron chi connectivity index (χ2n) is 6.54. The SMILES string of the molecule is CC[C@@H](C)[C@@H](NC(=O)c1ccccc1)C(=O)NNC(=O)Cc1ccc(F)cc1. The molecule has 2 rings (SSSR count). The molecule has 0 aliphatic heterocycles. The van der Waals surface area contributed by atoms with Gasteiger partial charge < -0.3 is 5.32 Å². The molecule has 2 aromatic rings. The van der Waals surface area contributed by atoms with Crippen molar-refractivity contribution in [2.45, 2.75) is 32.7 Å². The first-order valence-corrected chi connectivity index (χ1v) is 9.09. The van der Waals surface area contributed by atoms with Crippen molar-refractivity contribution in [3.05, 3.63) is 71.5 Å². The lowest BCUT2D eigenvalue weighted by Gasteiger charge is -2.23. The van der Waals surface area contributed by atoms with Gasteiger partial charge in [0.2, 0.25) is 5.91 Å². The zero-order valence-corrected chi connectivity index (χ0v) is 15.9. The molecule has 0 spiro atoms. The van der Waals surface area contributed by atoms with Crippen molar-refractivity contribution in [2.24, 2.45) is 5.92 Å². The summed E-state index contributed by atoms with van der Waals surface area (Å²) in [5, 5.41) is 2.72. The highest BCUT2D eigenvalue weighted by molar-refractivity contribution is 5.97. The number of halogens is 1. The van der Waals surface area contributed by atoms with Crippen LogP contribution >= 0.6 is 0 Å². The van der Waals surface area contributed by atoms with Gasteiger partial charge in [-0.3, -0.25) is 25.2 Å². The molecule has 148 valence electrons. The van der Waals surface area contributed by atoms with Crippen LogP contribution in [0.4, 0.5) is 4.39 Å². The molecule has 2 aromatic carbocycles. The minimum Gasteiger partial charge on any atom is -0.340 e. The van der Waals surface area contributed by atoms with Gasteiger partial charge in [-0.15, -0.1) is 0 Å². The van der Waals surface area contributed by atoms with Gasteiger partial charge in [-0.05, 0) is 35.7 Å². The van der Waals surface area contributed by atoms with Gasteiger partial charge in [0, 0.05) is 5.56 Å². The molecule has 0 radical (unpaired) electrons. The third-order valence-electron chi connectivity index (χ3n) is 4.42. The van der Waals surface area contributed by atoms with Gasteiger partial charge in [-0.2, -0.15) is 0 Å². The topological polar surface area (TPSA) is 87.3 Å². The van der Waals surface area contributed by atoms with Crippen molar-refractivity contribution < 1.29 is 18.8 Å². The highest BCUT2D eigenvalue weighted by Gasteiger charge is 2.26. The molecule has 0 aliphatic carbocycles. The van der Waals surface area contributed by atoms with Crippen molar-refractivity contribution in [3.63, 3.8) is 0 Å². The number of hydrazine groups is 1. The van der Waals surface area contributed by atoms with E-state index in [1.54, 1.807) is 30.3 Å². The summed E-state index contributed by atoms with van der Waals surface area (Å²) in [6.45, 7) is 3.75. The van der Waals surface area contributed by atoms with Crippen LogP contribution in [0.15, 0.2) is 54.6 Å². The van der Waals surface area contributed by atoms with Crippen LogP contribution < -0.4 is 16.2 Å². The molecule has 6 nitrogen and oxygen atoms in total. The number of nitrogens with one attached hydrogen (secondary N) is 3. The largest absolute Gasteiger partial charge is 0.340 e. The smallest absolute Gasteiger partial charge is 0.261 e. The Hall–Kier alpha value is -3.22. The van der Waals surface area contributed by atoms with Gasteiger partial charge in [0.1, 0.15) is 11.9 Å². The molecular weight excluding hydrogens is 361 g/mol. The summed E-state index contributed by atoms with van der Waals surface area (Å²) in [4.78, 5) is 36.9. The van der Waals surface area contributed by atoms with E-state index in [0.29, 0.717) is 17.5 Å². The van der Waals surface area contributed by atoms with E-state index in [2.05, 4.69) is 16.2 Å². The maximum Gasteiger partial charge on any atom is 0.261 e. The maximum absolute atomic E-state index is 12.9. The third kappa shape index (κ3) is 6.19. The van der Waals surface area contributed by atoms with Gasteiger partial charge in [0.25, 0.3) is 11.8 Å². The van der Waals surface area contributed by atoms with Crippen molar-refractivity contribution in [2.75, 3.05) is 0 Å². The van der Waals surface area contributed by atoms with Crippen molar-refractivity contribution in [3.8, 4) is 0 Å². The fraction of sp³-hybridized carbons (Fsp3) is 0.286. The first-order chi connectivity index (χ1) is 13.4. The molecular formula is C21H24FN3O3. The normalized spacial score (nSPS) is 12.5. The summed E-state index contributed by atoms with van der Waals surface area (Å²) < 4.78 is 12.9. The van der Waals surface area contributed by atoms with Crippen molar-refractivity contribution in [1.29, 1.82) is 0 Å². The molecule has 0 saturated heterocycles. The Morgan fingerprint density at radius 1 is 0.964 bits per heavy atom. The second kappa shape index (κ2) is 10.2. The van der Waals surface area contributed by atoms with Crippen LogP contribution in [0, 0.1) is 11.7 Å². The van der Waals surface area contributed by atoms with Gasteiger partial charge >= 0.3 is 0 Å². The predicted molar refractivity (Wildman–Crippen MR) is 104 cm³/mol. The highest BCUT2D eigenvalue weighted by atomic mass is 19.1. The van der Waals surface area contributed by atoms with Gasteiger partial charge in [-0.25, -0.2) is 4.39 Å². The van der Waals surface area contributed by atoms with Crippen LogP contribution in [0.1, 0.15) is 36.2 Å². The molecule has 3 N–H and O–H groups in total. The van der Waals surface area contributed by atoms with Gasteiger partial charge in [-0.1, -0.05) is 50.6 Å². The van der Waals surface area contributed by atoms with E-state index < -0.39 is 17.9 Å². The lowest BCUT2D eigenvalue weighted by molar-refractivity contribution is -0.130. The Morgan fingerprint density at radius 3 is 2.21 bits per heavy atom. The summed E-state index contributed by atoms with van der Waals surface area (Å²) in [6, 6.07) is 13.3. The Bertz CT molecular complexity index is 809. The van der Waals surface area contributed by atoms with E-state index >= 15 is 0 Å². The summed E-state index contributed by atoms with van der Waals surface area (Å²) in [6.07, 6.45) is 0.654. The van der Waals surface area contributed by atoms with E-state index in [4.69, 9.17) is 0 Å². The minimum absolute atomic E-state index is 0.00900. The van der Waals surface area contributed by atoms with E-state index in [1.165, 1.54) is 24.3 Å². The Morgan fingerprint density at radius 2 is 1.61 bits per heavy atom. The number of hydrogen-bond donors (Lipinski definition) is 3. The third-order valence-corrected chi connectivity index (χ3v) is 4.42. The number of carbonyl (C=O) groups is 3. The van der Waals surface area contributed by atoms with Crippen LogP contribution in [0.2, 0.25) is 0 Å². The van der Waals surface area contributed by atoms with Crippen LogP contribution in [-0.2, 0) is 16.0 Å². The lowest BCUT2D eigenvalue weighted by atomic mass is 9.98. The second-order valence-corrected chi connectivity index (χ2v) is 6.54. The van der Waals surface area contributed by atoms with Gasteiger partial charge in [0.15, 0.2) is 0 Å². The molecule has 0 saturated carbocycles. The quantitative estimate of drug-likeness (QED) is 0.640. The predicted octanol–water partition coefficient (Wildman–Crippen LogP) is 2.36. The maximum atomic E-state index is 12.9. The highest BCUT2D eigenvalue weighted by Crippen LogP contribution is 2.09. The molecule has 0 aliphatic rings. The summed E-state index contributed by atoms with van der Waals surface area (Å²) in [5.74, 6) is -1.84. The number of carbonyl (C=O) groups excluding carboxylic acids is 3. The summed E-state index contributed by atoms with van der Waals surface area (Å²) in [7, 11) is 0. The summed E-state index contributed by atoms with van der Waals surface area (Å²) >= 11 is 0. The molecule has 3 amide bonds. The molecule has 0 bridgehead atoms. The van der Waals surface area contributed by atoms with Crippen LogP contribution in [0.5, 0.6) is 0 Å². The first-order valence-electron chi connectivity index (χ1n) is 9.09. The molecule has 0 aromatic heterocycles. The van der Waals surface area contributed by atoms with Crippen LogP contribution in [0.25, 0.3) is 0 Å². The number of rotatable bonds is 7. The van der Waals surface area contributed by atoms with Gasteiger partial charge in [0.05, 0.1) is 6.42 Å². The van der Waals surface area contributed by atoms with Crippen molar-refractivity contribution >= 4 is 17.7 Å². The number of hydrogen-bond acceptors (Lipinski definition) is 3. The fourth-order valence-corrected chi connectivity index (χ4v) is 2.56. The van der Waals surface area contributed by atoms with Crippen molar-refractivity contribution in [1.82, 2.24) is 16.2 Å². The van der Waals surface area contributed by atoms with E-state index in [0.717, 1.165) is 0 Å². The van der Waals surface area contributed by atoms with Crippen LogP contribution in [-0.4, -0.2) is 23.8 Å². The zero-order valence-electron chi connectivity index (χ0n) is 15.9. The zero-order chi connectivity index (χ0) is 20.5. The summed E-state index contributed by atoms with van der Waals surface area (Å²) in [5.41, 5.74) is 5.76. The molecule has 28 heavy (non-hydrogen) atoms. The fourth-order valence-electron chi connectivity index (χ4n) is 2.56. The Kier molecular flexibility index (Phi) is 7.68.